The lowest BCUT2D eigenvalue weighted by atomic mass is 9.94. The number of carbonyl (C=O) groups is 12. The first-order valence-electron chi connectivity index (χ1n) is 33.6. The molecule has 1 aliphatic heterocycles. The lowest BCUT2D eigenvalue weighted by molar-refractivity contribution is -0.157. The molecular weight excluding hydrogens is 1310 g/mol. The minimum Gasteiger partial charge on any atom is -0.458 e. The van der Waals surface area contributed by atoms with Gasteiger partial charge in [0.05, 0.1) is 19.3 Å². The van der Waals surface area contributed by atoms with Gasteiger partial charge in [0.2, 0.25) is 71.4 Å². The smallest absolute Gasteiger partial charge is 0.329 e. The number of cyclic esters (lactones) is 1. The van der Waals surface area contributed by atoms with E-state index in [2.05, 4.69) is 53.2 Å². The molecule has 99 heavy (non-hydrogen) atoms. The number of esters is 1. The Kier molecular flexibility index (Phi) is 31.2. The van der Waals surface area contributed by atoms with Crippen LogP contribution in [0.15, 0.2) is 88.7 Å². The van der Waals surface area contributed by atoms with Crippen LogP contribution in [0.2, 0.25) is 0 Å². The second-order valence-corrected chi connectivity index (χ2v) is 26.9. The lowest BCUT2D eigenvalue weighted by Gasteiger charge is -2.31. The number of alkyl halides is 2. The van der Waals surface area contributed by atoms with Crippen LogP contribution in [-0.2, 0) is 68.7 Å². The Morgan fingerprint density at radius 2 is 1.09 bits per heavy atom. The largest absolute Gasteiger partial charge is 0.458 e. The van der Waals surface area contributed by atoms with Crippen LogP contribution in [0.25, 0.3) is 11.1 Å². The van der Waals surface area contributed by atoms with Crippen molar-refractivity contribution in [1.29, 1.82) is 0 Å². The number of nitrogens with two attached hydrogens (primary N) is 2. The molecule has 5 rings (SSSR count). The first-order chi connectivity index (χ1) is 46.8. The number of halogens is 2. The summed E-state index contributed by atoms with van der Waals surface area (Å²) in [7, 11) is 0. The highest BCUT2D eigenvalue weighted by Gasteiger charge is 2.62. The van der Waals surface area contributed by atoms with E-state index in [1.54, 1.807) is 67.2 Å². The van der Waals surface area contributed by atoms with Gasteiger partial charge < -0.3 is 79.6 Å². The van der Waals surface area contributed by atoms with Gasteiger partial charge in [-0.1, -0.05) is 147 Å². The van der Waals surface area contributed by atoms with Crippen molar-refractivity contribution in [3.8, 4) is 11.1 Å². The Balaban J connectivity index is 1.25. The Hall–Kier alpha value is -8.61. The van der Waals surface area contributed by atoms with E-state index in [9.17, 15) is 76.5 Å². The molecule has 1 saturated carbocycles. The molecule has 0 bridgehead atoms. The number of aliphatic hydroxyl groups is 2. The van der Waals surface area contributed by atoms with E-state index in [4.69, 9.17) is 16.2 Å². The first kappa shape index (κ1) is 81.1. The molecule has 11 amide bonds. The molecule has 1 heterocycles. The molecule has 1 saturated heterocycles. The summed E-state index contributed by atoms with van der Waals surface area (Å²) in [6.07, 6.45) is -5.03. The Morgan fingerprint density at radius 1 is 0.616 bits per heavy atom. The molecule has 2 unspecified atom stereocenters. The van der Waals surface area contributed by atoms with Gasteiger partial charge in [-0.05, 0) is 104 Å². The van der Waals surface area contributed by atoms with Crippen molar-refractivity contribution in [3.63, 3.8) is 0 Å². The highest BCUT2D eigenvalue weighted by molar-refractivity contribution is 7.99. The van der Waals surface area contributed by atoms with Gasteiger partial charge in [0.15, 0.2) is 0 Å². The van der Waals surface area contributed by atoms with Gasteiger partial charge >= 0.3 is 5.97 Å². The fraction of sp³-hybridized carbons (Fsp3) is 0.565. The number of ether oxygens (including phenoxy) is 1. The molecule has 3 aromatic carbocycles. The zero-order valence-electron chi connectivity index (χ0n) is 57.6. The Labute approximate surface area is 579 Å². The van der Waals surface area contributed by atoms with Crippen LogP contribution in [0.4, 0.5) is 8.78 Å². The normalized spacial score (nSPS) is 22.0. The van der Waals surface area contributed by atoms with E-state index in [1.807, 2.05) is 78.9 Å². The fourth-order valence-corrected chi connectivity index (χ4v) is 11.9. The number of hydrogen-bond donors (Lipinski definition) is 14. The van der Waals surface area contributed by atoms with Crippen molar-refractivity contribution in [2.75, 3.05) is 13.2 Å². The highest BCUT2D eigenvalue weighted by atomic mass is 32.2. The van der Waals surface area contributed by atoms with E-state index in [0.29, 0.717) is 6.42 Å². The topological polar surface area (TPSA) is 427 Å². The summed E-state index contributed by atoms with van der Waals surface area (Å²) in [5, 5.41) is 46.0. The number of aliphatic hydroxyl groups excluding tert-OH is 2. The maximum absolute atomic E-state index is 14.5. The average Bonchev–Trinajstić information content (AvgIpc) is 1.58. The maximum Gasteiger partial charge on any atom is 0.329 e. The van der Waals surface area contributed by atoms with Crippen LogP contribution < -0.4 is 64.6 Å². The summed E-state index contributed by atoms with van der Waals surface area (Å²) < 4.78 is 32.8. The minimum atomic E-state index is -2.84. The Bertz CT molecular complexity index is 3300. The third kappa shape index (κ3) is 23.0. The quantitative estimate of drug-likeness (QED) is 0.0378. The van der Waals surface area contributed by atoms with Gasteiger partial charge in [0, 0.05) is 22.6 Å². The molecule has 2 fully saturated rings. The van der Waals surface area contributed by atoms with Gasteiger partial charge in [-0.15, -0.1) is 0 Å². The maximum atomic E-state index is 14.5. The average molecular weight is 1410 g/mol. The van der Waals surface area contributed by atoms with Crippen molar-refractivity contribution in [2.24, 2.45) is 41.1 Å². The van der Waals surface area contributed by atoms with Crippen molar-refractivity contribution < 1.29 is 81.3 Å². The van der Waals surface area contributed by atoms with Crippen LogP contribution in [0.1, 0.15) is 126 Å². The fourth-order valence-electron chi connectivity index (χ4n) is 11.0. The van der Waals surface area contributed by atoms with E-state index in [-0.39, 0.29) is 32.1 Å². The number of hydrogen-bond acceptors (Lipinski definition) is 17. The monoisotopic (exact) mass is 1400 g/mol. The van der Waals surface area contributed by atoms with Crippen molar-refractivity contribution in [1.82, 2.24) is 53.2 Å². The molecule has 3 aromatic rings. The lowest BCUT2D eigenvalue weighted by Crippen LogP contribution is -2.63. The zero-order chi connectivity index (χ0) is 73.6. The molecule has 2 aliphatic rings. The molecule has 16 N–H and O–H groups in total. The van der Waals surface area contributed by atoms with Crippen molar-refractivity contribution >= 4 is 82.7 Å². The van der Waals surface area contributed by atoms with Crippen LogP contribution in [0, 0.1) is 29.6 Å². The van der Waals surface area contributed by atoms with Crippen molar-refractivity contribution in [3.05, 3.63) is 84.4 Å². The van der Waals surface area contributed by atoms with E-state index in [1.165, 1.54) is 13.8 Å². The molecule has 0 aromatic heterocycles. The standard InChI is InChI=1S/C69H98F2N12O15S/c1-11-35(5)53(78-59(88)47(72)30-41-20-22-42(23-21-41)43-24-26-46(27-25-43)99-45-18-16-15-17-19-45)63(92)76-49(33-84)61(90)75-48(28-29-52(73)86)60(89)79-55(37(7)13-3)65(94)80-54(36(6)12-2)64(93)77-50(34-85)62(91)81-57-40(10)98-67(96)56(38(8)14-4)82-68(97)69(32-44(69)31-51(70)71)83-58(87)39(9)74-66(57)95/h15-27,35-40,44,47-51,53-57,84-85H,11-14,28-34,72H2,1-10H3,(H2,73,86)(H,74,95)(H,75,90)(H,76,92)(H,77,93)(H,78,88)(H,79,89)(H,80,94)(H,81,91)(H,82,97)(H,83,87)/t35-,36-,37-,38-,39-,40-,44?,47+,48+,49-,50-,53-,54-,55+,56-,57+,69?/m0/s1. The molecule has 17 atom stereocenters. The van der Waals surface area contributed by atoms with E-state index < -0.39 is 212 Å². The molecule has 30 heteroatoms. The summed E-state index contributed by atoms with van der Waals surface area (Å²) in [5.74, 6) is -15.4. The number of nitrogens with one attached hydrogen (secondary N) is 10. The van der Waals surface area contributed by atoms with E-state index >= 15 is 0 Å². The summed E-state index contributed by atoms with van der Waals surface area (Å²) in [6.45, 7) is 13.6. The number of amides is 11. The predicted octanol–water partition coefficient (Wildman–Crippen LogP) is 1.67. The third-order valence-corrected chi connectivity index (χ3v) is 19.4. The summed E-state index contributed by atoms with van der Waals surface area (Å²) >= 11 is 1.65. The number of rotatable bonds is 34. The number of primary amides is 1. The second kappa shape index (κ2) is 38.1. The molecular formula is C69H98F2N12O15S. The number of carbonyl (C=O) groups excluding carboxylic acids is 12. The van der Waals surface area contributed by atoms with Gasteiger partial charge in [-0.3, -0.25) is 52.7 Å². The number of benzene rings is 3. The first-order valence-corrected chi connectivity index (χ1v) is 34.4. The molecule has 0 radical (unpaired) electrons. The van der Waals surface area contributed by atoms with Gasteiger partial charge in [0.1, 0.15) is 66.0 Å². The van der Waals surface area contributed by atoms with Crippen LogP contribution in [-0.4, -0.2) is 173 Å². The second-order valence-electron chi connectivity index (χ2n) is 25.8. The SMILES string of the molecule is CC[C@H](C)[C@H](NC(=O)[C@H](N)Cc1ccc(-c2ccc(Sc3ccccc3)cc2)cc1)C(=O)N[C@@H](CO)C(=O)N[C@H](CCC(N)=O)C(=O)N[C@@H](C(=O)N[C@H](C(=O)N[C@@H](CO)C(=O)N[C@H]1C(=O)N[C@@H](C)C(=O)NC2(CC2CC(F)F)C(=O)N[C@@H]([C@@H](C)CC)C(=O)O[C@H]1C)[C@@H](C)CC)[C@@H](C)CC. The van der Waals surface area contributed by atoms with Crippen LogP contribution in [0.3, 0.4) is 0 Å². The van der Waals surface area contributed by atoms with Crippen molar-refractivity contribution in [2.45, 2.75) is 215 Å². The highest BCUT2D eigenvalue weighted by Crippen LogP contribution is 2.48. The minimum absolute atomic E-state index is 0.105. The summed E-state index contributed by atoms with van der Waals surface area (Å²) in [4.78, 5) is 168. The molecule has 1 aliphatic carbocycles. The molecule has 544 valence electrons. The Morgan fingerprint density at radius 3 is 1.60 bits per heavy atom. The predicted molar refractivity (Wildman–Crippen MR) is 363 cm³/mol. The zero-order valence-corrected chi connectivity index (χ0v) is 58.4. The summed E-state index contributed by atoms with van der Waals surface area (Å²) in [6, 6.07) is 10.3. The third-order valence-electron chi connectivity index (χ3n) is 18.4. The van der Waals surface area contributed by atoms with Gasteiger partial charge in [0.25, 0.3) is 0 Å². The van der Waals surface area contributed by atoms with Crippen LogP contribution >= 0.6 is 11.8 Å². The van der Waals surface area contributed by atoms with Crippen LogP contribution in [0.5, 0.6) is 0 Å². The van der Waals surface area contributed by atoms with Gasteiger partial charge in [-0.25, -0.2) is 13.6 Å². The van der Waals surface area contributed by atoms with Gasteiger partial charge in [-0.2, -0.15) is 0 Å². The van der Waals surface area contributed by atoms with E-state index in [0.717, 1.165) is 26.5 Å². The molecule has 27 nitrogen and oxygen atoms in total. The summed E-state index contributed by atoms with van der Waals surface area (Å²) in [5.41, 5.74) is 12.7. The molecule has 1 spiro atoms.